The number of unbranched alkanes of at least 4 members (excludes halogenated alkanes) is 16. The summed E-state index contributed by atoms with van der Waals surface area (Å²) in [5, 5.41) is 8.99. The molecule has 0 fully saturated rings. The Balaban J connectivity index is 3.10. The van der Waals surface area contributed by atoms with E-state index in [9.17, 15) is 0 Å². The quantitative estimate of drug-likeness (QED) is 0.131. The van der Waals surface area contributed by atoms with Gasteiger partial charge >= 0.3 is 0 Å². The summed E-state index contributed by atoms with van der Waals surface area (Å²) in [5.41, 5.74) is 0. The van der Waals surface area contributed by atoms with Gasteiger partial charge in [-0.25, -0.2) is 0 Å². The lowest BCUT2D eigenvalue weighted by atomic mass is 10.1. The number of aliphatic hydroxyl groups is 1. The maximum atomic E-state index is 8.99. The van der Waals surface area contributed by atoms with Gasteiger partial charge in [0.25, 0.3) is 0 Å². The number of rotatable bonds is 24. The monoisotopic (exact) mass is 412 g/mol. The molecule has 0 heterocycles. The van der Waals surface area contributed by atoms with Crippen LogP contribution in [0.15, 0.2) is 12.2 Å². The predicted octanol–water partition coefficient (Wildman–Crippen LogP) is 7.61. The predicted molar refractivity (Wildman–Crippen MR) is 127 cm³/mol. The minimum absolute atomic E-state index is 0.0342. The van der Waals surface area contributed by atoms with Gasteiger partial charge in [-0.15, -0.1) is 0 Å². The SMILES string of the molecule is CCCCCCCCC=CCCCCCCCCCCCCOCC(CO)OC. The number of ether oxygens (including phenoxy) is 2. The Morgan fingerprint density at radius 3 is 1.55 bits per heavy atom. The number of hydrogen-bond donors (Lipinski definition) is 1. The van der Waals surface area contributed by atoms with Gasteiger partial charge in [0.2, 0.25) is 0 Å². The van der Waals surface area contributed by atoms with E-state index in [-0.39, 0.29) is 12.7 Å². The summed E-state index contributed by atoms with van der Waals surface area (Å²) >= 11 is 0. The normalized spacial score (nSPS) is 12.8. The summed E-state index contributed by atoms with van der Waals surface area (Å²) in [5.74, 6) is 0. The highest BCUT2D eigenvalue weighted by Gasteiger charge is 2.04. The van der Waals surface area contributed by atoms with Gasteiger partial charge in [-0.2, -0.15) is 0 Å². The second-order valence-electron chi connectivity index (χ2n) is 8.47. The van der Waals surface area contributed by atoms with Crippen molar-refractivity contribution in [2.45, 2.75) is 129 Å². The fourth-order valence-electron chi connectivity index (χ4n) is 3.57. The molecule has 0 aliphatic rings. The average Bonchev–Trinajstić information content (AvgIpc) is 2.74. The standard InChI is InChI=1S/C26H52O3/c1-3-4-5-6-7-8-9-10-11-12-13-14-15-16-17-18-19-20-21-22-23-29-25-26(24-27)28-2/h10-11,26-27H,3-9,12-25H2,1-2H3. The lowest BCUT2D eigenvalue weighted by molar-refractivity contribution is -0.0205. The molecule has 1 atom stereocenters. The number of aliphatic hydroxyl groups excluding tert-OH is 1. The second kappa shape index (κ2) is 25.7. The molecule has 0 bridgehead atoms. The minimum Gasteiger partial charge on any atom is -0.394 e. The van der Waals surface area contributed by atoms with Crippen molar-refractivity contribution in [3.8, 4) is 0 Å². The fourth-order valence-corrected chi connectivity index (χ4v) is 3.57. The van der Waals surface area contributed by atoms with Crippen LogP contribution in [0.2, 0.25) is 0 Å². The zero-order chi connectivity index (χ0) is 21.3. The maximum Gasteiger partial charge on any atom is 0.103 e. The van der Waals surface area contributed by atoms with Crippen molar-refractivity contribution in [3.63, 3.8) is 0 Å². The summed E-state index contributed by atoms with van der Waals surface area (Å²) < 4.78 is 10.6. The van der Waals surface area contributed by atoms with Crippen molar-refractivity contribution in [2.75, 3.05) is 26.9 Å². The first-order chi connectivity index (χ1) is 14.3. The molecule has 3 nitrogen and oxygen atoms in total. The Morgan fingerprint density at radius 1 is 0.655 bits per heavy atom. The summed E-state index contributed by atoms with van der Waals surface area (Å²) in [6, 6.07) is 0. The van der Waals surface area contributed by atoms with Crippen molar-refractivity contribution >= 4 is 0 Å². The van der Waals surface area contributed by atoms with Crippen LogP contribution in [0.3, 0.4) is 0 Å². The van der Waals surface area contributed by atoms with Crippen molar-refractivity contribution in [1.29, 1.82) is 0 Å². The van der Waals surface area contributed by atoms with Crippen molar-refractivity contribution in [2.24, 2.45) is 0 Å². The third-order valence-corrected chi connectivity index (χ3v) is 5.64. The first-order valence-electron chi connectivity index (χ1n) is 12.7. The summed E-state index contributed by atoms with van der Waals surface area (Å²) in [6.45, 7) is 3.60. The Morgan fingerprint density at radius 2 is 1.10 bits per heavy atom. The molecule has 1 unspecified atom stereocenters. The van der Waals surface area contributed by atoms with Crippen LogP contribution in [0.4, 0.5) is 0 Å². The molecule has 0 spiro atoms. The lowest BCUT2D eigenvalue weighted by Gasteiger charge is -2.12. The second-order valence-corrected chi connectivity index (χ2v) is 8.47. The van der Waals surface area contributed by atoms with Crippen LogP contribution in [-0.4, -0.2) is 38.1 Å². The molecule has 0 aliphatic heterocycles. The maximum absolute atomic E-state index is 8.99. The number of methoxy groups -OCH3 is 1. The van der Waals surface area contributed by atoms with E-state index in [1.165, 1.54) is 109 Å². The van der Waals surface area contributed by atoms with Gasteiger partial charge in [-0.3, -0.25) is 0 Å². The van der Waals surface area contributed by atoms with E-state index in [4.69, 9.17) is 14.6 Å². The van der Waals surface area contributed by atoms with Gasteiger partial charge in [0, 0.05) is 13.7 Å². The van der Waals surface area contributed by atoms with Crippen LogP contribution in [0, 0.1) is 0 Å². The molecule has 0 amide bonds. The third kappa shape index (κ3) is 23.8. The van der Waals surface area contributed by atoms with Crippen LogP contribution < -0.4 is 0 Å². The van der Waals surface area contributed by atoms with E-state index in [1.54, 1.807) is 7.11 Å². The van der Waals surface area contributed by atoms with Gasteiger partial charge < -0.3 is 14.6 Å². The Hall–Kier alpha value is -0.380. The fraction of sp³-hybridized carbons (Fsp3) is 0.923. The molecule has 0 aromatic carbocycles. The zero-order valence-electron chi connectivity index (χ0n) is 19.8. The third-order valence-electron chi connectivity index (χ3n) is 5.64. The van der Waals surface area contributed by atoms with Crippen LogP contribution in [0.1, 0.15) is 122 Å². The highest BCUT2D eigenvalue weighted by molar-refractivity contribution is 4.81. The van der Waals surface area contributed by atoms with E-state index in [0.717, 1.165) is 13.0 Å². The average molecular weight is 413 g/mol. The van der Waals surface area contributed by atoms with Crippen LogP contribution in [0.25, 0.3) is 0 Å². The van der Waals surface area contributed by atoms with Crippen LogP contribution in [0.5, 0.6) is 0 Å². The molecular formula is C26H52O3. The Kier molecular flexibility index (Phi) is 25.3. The van der Waals surface area contributed by atoms with E-state index < -0.39 is 0 Å². The summed E-state index contributed by atoms with van der Waals surface area (Å²) in [4.78, 5) is 0. The number of hydrogen-bond acceptors (Lipinski definition) is 3. The lowest BCUT2D eigenvalue weighted by Crippen LogP contribution is -2.22. The molecule has 3 heteroatoms. The Labute approximate surface area is 182 Å². The van der Waals surface area contributed by atoms with Gasteiger partial charge in [-0.1, -0.05) is 103 Å². The molecule has 29 heavy (non-hydrogen) atoms. The molecule has 0 aromatic rings. The van der Waals surface area contributed by atoms with Gasteiger partial charge in [0.05, 0.1) is 13.2 Å². The van der Waals surface area contributed by atoms with Gasteiger partial charge in [-0.05, 0) is 32.1 Å². The molecule has 0 saturated carbocycles. The highest BCUT2D eigenvalue weighted by Crippen LogP contribution is 2.12. The van der Waals surface area contributed by atoms with E-state index >= 15 is 0 Å². The van der Waals surface area contributed by atoms with Crippen molar-refractivity contribution in [1.82, 2.24) is 0 Å². The van der Waals surface area contributed by atoms with Crippen LogP contribution in [-0.2, 0) is 9.47 Å². The molecule has 174 valence electrons. The summed E-state index contributed by atoms with van der Waals surface area (Å²) in [6.07, 6.45) is 29.0. The molecule has 0 saturated heterocycles. The van der Waals surface area contributed by atoms with Gasteiger partial charge in [0.1, 0.15) is 6.10 Å². The zero-order valence-corrected chi connectivity index (χ0v) is 19.8. The summed E-state index contributed by atoms with van der Waals surface area (Å²) in [7, 11) is 1.61. The van der Waals surface area contributed by atoms with E-state index in [2.05, 4.69) is 19.1 Å². The first-order valence-corrected chi connectivity index (χ1v) is 12.7. The van der Waals surface area contributed by atoms with E-state index in [0.29, 0.717) is 6.61 Å². The topological polar surface area (TPSA) is 38.7 Å². The molecule has 0 aliphatic carbocycles. The molecule has 1 N–H and O–H groups in total. The highest BCUT2D eigenvalue weighted by atomic mass is 16.5. The smallest absolute Gasteiger partial charge is 0.103 e. The molecule has 0 radical (unpaired) electrons. The molecule has 0 aromatic heterocycles. The number of allylic oxidation sites excluding steroid dienone is 2. The van der Waals surface area contributed by atoms with E-state index in [1.807, 2.05) is 0 Å². The largest absolute Gasteiger partial charge is 0.394 e. The first kappa shape index (κ1) is 28.6. The van der Waals surface area contributed by atoms with Crippen molar-refractivity contribution < 1.29 is 14.6 Å². The van der Waals surface area contributed by atoms with Crippen LogP contribution >= 0.6 is 0 Å². The van der Waals surface area contributed by atoms with Gasteiger partial charge in [0.15, 0.2) is 0 Å². The molecular weight excluding hydrogens is 360 g/mol. The van der Waals surface area contributed by atoms with Crippen molar-refractivity contribution in [3.05, 3.63) is 12.2 Å². The minimum atomic E-state index is -0.170. The molecule has 0 rings (SSSR count). The Bertz CT molecular complexity index is 313.